The van der Waals surface area contributed by atoms with Crippen LogP contribution in [0.4, 0.5) is 0 Å². The molecule has 0 aliphatic heterocycles. The number of thiazole rings is 1. The molecule has 0 saturated heterocycles. The van der Waals surface area contributed by atoms with Gasteiger partial charge in [-0.3, -0.25) is 0 Å². The minimum Gasteiger partial charge on any atom is -0.243 e. The topological polar surface area (TPSA) is 12.9 Å². The first-order valence-electron chi connectivity index (χ1n) is 3.12. The van der Waals surface area contributed by atoms with Gasteiger partial charge in [-0.15, -0.1) is 22.7 Å². The number of hydrogen-bond acceptors (Lipinski definition) is 3. The van der Waals surface area contributed by atoms with Gasteiger partial charge in [0.15, 0.2) is 0 Å². The van der Waals surface area contributed by atoms with E-state index in [1.54, 1.807) is 22.7 Å². The number of nitrogens with zero attached hydrogens (tertiary/aromatic N) is 1. The summed E-state index contributed by atoms with van der Waals surface area (Å²) in [6.07, 6.45) is 0. The van der Waals surface area contributed by atoms with Crippen molar-refractivity contribution in [2.75, 3.05) is 0 Å². The van der Waals surface area contributed by atoms with Crippen LogP contribution in [0, 0.1) is 0 Å². The summed E-state index contributed by atoms with van der Waals surface area (Å²) in [6.45, 7) is 0. The molecule has 5 heteroatoms. The highest BCUT2D eigenvalue weighted by atomic mass is 79.9. The number of hydrogen-bond donors (Lipinski definition) is 0. The van der Waals surface area contributed by atoms with Gasteiger partial charge in [0.1, 0.15) is 5.69 Å². The first-order valence-corrected chi connectivity index (χ1v) is 6.40. The SMILES string of the molecule is Brc1ccc(-c2ncsc2Br)s1. The van der Waals surface area contributed by atoms with Gasteiger partial charge in [0.05, 0.1) is 18.0 Å². The van der Waals surface area contributed by atoms with Crippen LogP contribution in [0.15, 0.2) is 25.2 Å². The number of aromatic nitrogens is 1. The Morgan fingerprint density at radius 1 is 1.25 bits per heavy atom. The average Bonchev–Trinajstić information content (AvgIpc) is 2.58. The van der Waals surface area contributed by atoms with Gasteiger partial charge in [-0.25, -0.2) is 4.98 Å². The summed E-state index contributed by atoms with van der Waals surface area (Å²) < 4.78 is 2.23. The Bertz CT molecular complexity index is 394. The van der Waals surface area contributed by atoms with Gasteiger partial charge in [0.25, 0.3) is 0 Å². The lowest BCUT2D eigenvalue weighted by molar-refractivity contribution is 1.42. The fraction of sp³-hybridized carbons (Fsp3) is 0. The Kier molecular flexibility index (Phi) is 2.64. The molecule has 0 amide bonds. The first kappa shape index (κ1) is 8.87. The number of thiophene rings is 1. The molecule has 0 aliphatic rings. The molecule has 0 atom stereocenters. The fourth-order valence-corrected chi connectivity index (χ4v) is 3.51. The molecule has 0 spiro atoms. The summed E-state index contributed by atoms with van der Waals surface area (Å²) in [5, 5.41) is 0. The quantitative estimate of drug-likeness (QED) is 0.757. The Hall–Kier alpha value is 0.290. The standard InChI is InChI=1S/C7H3Br2NS2/c8-5-2-1-4(12-5)6-7(9)11-3-10-6/h1-3H. The summed E-state index contributed by atoms with van der Waals surface area (Å²) in [6, 6.07) is 4.10. The maximum atomic E-state index is 4.26. The van der Waals surface area contributed by atoms with E-state index in [0.29, 0.717) is 0 Å². The van der Waals surface area contributed by atoms with E-state index in [2.05, 4.69) is 42.9 Å². The first-order chi connectivity index (χ1) is 5.77. The van der Waals surface area contributed by atoms with E-state index < -0.39 is 0 Å². The van der Waals surface area contributed by atoms with Crippen LogP contribution in [0.1, 0.15) is 0 Å². The van der Waals surface area contributed by atoms with E-state index in [9.17, 15) is 0 Å². The molecule has 0 N–H and O–H groups in total. The zero-order valence-corrected chi connectivity index (χ0v) is 10.6. The van der Waals surface area contributed by atoms with Gasteiger partial charge < -0.3 is 0 Å². The molecule has 0 aromatic carbocycles. The minimum atomic E-state index is 1.04. The van der Waals surface area contributed by atoms with Crippen LogP contribution in [0.25, 0.3) is 10.6 Å². The summed E-state index contributed by atoms with van der Waals surface area (Å²) in [4.78, 5) is 5.45. The van der Waals surface area contributed by atoms with Crippen molar-refractivity contribution in [2.45, 2.75) is 0 Å². The highest BCUT2D eigenvalue weighted by molar-refractivity contribution is 9.11. The van der Waals surface area contributed by atoms with Gasteiger partial charge in [0, 0.05) is 0 Å². The second-order valence-electron chi connectivity index (χ2n) is 2.08. The van der Waals surface area contributed by atoms with Gasteiger partial charge in [-0.1, -0.05) is 0 Å². The molecule has 2 aromatic heterocycles. The van der Waals surface area contributed by atoms with E-state index in [1.165, 1.54) is 4.88 Å². The number of rotatable bonds is 1. The van der Waals surface area contributed by atoms with Crippen LogP contribution in [-0.4, -0.2) is 4.98 Å². The van der Waals surface area contributed by atoms with Crippen molar-refractivity contribution < 1.29 is 0 Å². The molecule has 62 valence electrons. The maximum Gasteiger partial charge on any atom is 0.105 e. The van der Waals surface area contributed by atoms with Crippen LogP contribution in [0.2, 0.25) is 0 Å². The monoisotopic (exact) mass is 323 g/mol. The average molecular weight is 325 g/mol. The lowest BCUT2D eigenvalue weighted by atomic mass is 10.4. The Morgan fingerprint density at radius 3 is 2.58 bits per heavy atom. The number of halogens is 2. The summed E-state index contributed by atoms with van der Waals surface area (Å²) in [5.41, 5.74) is 2.88. The second-order valence-corrected chi connectivity index (χ2v) is 6.71. The van der Waals surface area contributed by atoms with Crippen molar-refractivity contribution in [3.63, 3.8) is 0 Å². The van der Waals surface area contributed by atoms with Gasteiger partial charge in [-0.2, -0.15) is 0 Å². The Balaban J connectivity index is 2.50. The van der Waals surface area contributed by atoms with Crippen LogP contribution < -0.4 is 0 Å². The normalized spacial score (nSPS) is 10.5. The molecule has 12 heavy (non-hydrogen) atoms. The van der Waals surface area contributed by atoms with Gasteiger partial charge in [-0.05, 0) is 44.0 Å². The fourth-order valence-electron chi connectivity index (χ4n) is 0.834. The van der Waals surface area contributed by atoms with E-state index in [4.69, 9.17) is 0 Å². The van der Waals surface area contributed by atoms with Crippen molar-refractivity contribution >= 4 is 54.5 Å². The van der Waals surface area contributed by atoms with Gasteiger partial charge in [0.2, 0.25) is 0 Å². The third kappa shape index (κ3) is 1.64. The minimum absolute atomic E-state index is 1.04. The molecule has 0 bridgehead atoms. The van der Waals surface area contributed by atoms with E-state index in [1.807, 2.05) is 11.6 Å². The molecule has 2 heterocycles. The summed E-state index contributed by atoms with van der Waals surface area (Å²) in [5.74, 6) is 0. The van der Waals surface area contributed by atoms with Gasteiger partial charge >= 0.3 is 0 Å². The van der Waals surface area contributed by atoms with Crippen LogP contribution in [0.3, 0.4) is 0 Å². The van der Waals surface area contributed by atoms with Crippen molar-refractivity contribution in [3.05, 3.63) is 25.2 Å². The Morgan fingerprint density at radius 2 is 2.08 bits per heavy atom. The predicted molar refractivity (Wildman–Crippen MR) is 60.8 cm³/mol. The molecule has 2 rings (SSSR count). The van der Waals surface area contributed by atoms with Crippen molar-refractivity contribution in [3.8, 4) is 10.6 Å². The molecule has 0 radical (unpaired) electrons. The summed E-state index contributed by atoms with van der Waals surface area (Å²) in [7, 11) is 0. The smallest absolute Gasteiger partial charge is 0.105 e. The van der Waals surface area contributed by atoms with Crippen LogP contribution >= 0.6 is 54.5 Å². The van der Waals surface area contributed by atoms with E-state index >= 15 is 0 Å². The lowest BCUT2D eigenvalue weighted by Gasteiger charge is -1.88. The lowest BCUT2D eigenvalue weighted by Crippen LogP contribution is -1.69. The van der Waals surface area contributed by atoms with E-state index in [-0.39, 0.29) is 0 Å². The third-order valence-electron chi connectivity index (χ3n) is 1.33. The molecule has 0 fully saturated rings. The molecular weight excluding hydrogens is 322 g/mol. The third-order valence-corrected chi connectivity index (χ3v) is 4.51. The molecular formula is C7H3Br2NS2. The van der Waals surface area contributed by atoms with Crippen molar-refractivity contribution in [1.82, 2.24) is 4.98 Å². The highest BCUT2D eigenvalue weighted by Crippen LogP contribution is 2.36. The predicted octanol–water partition coefficient (Wildman–Crippen LogP) is 4.40. The summed E-state index contributed by atoms with van der Waals surface area (Å²) >= 11 is 10.2. The van der Waals surface area contributed by atoms with Crippen molar-refractivity contribution in [1.29, 1.82) is 0 Å². The van der Waals surface area contributed by atoms with Crippen LogP contribution in [0.5, 0.6) is 0 Å². The molecule has 0 aliphatic carbocycles. The molecule has 2 aromatic rings. The highest BCUT2D eigenvalue weighted by Gasteiger charge is 2.07. The van der Waals surface area contributed by atoms with Crippen LogP contribution in [-0.2, 0) is 0 Å². The maximum absolute atomic E-state index is 4.26. The van der Waals surface area contributed by atoms with E-state index in [0.717, 1.165) is 13.3 Å². The Labute approximate surface area is 94.7 Å². The largest absolute Gasteiger partial charge is 0.243 e. The van der Waals surface area contributed by atoms with Crippen molar-refractivity contribution in [2.24, 2.45) is 0 Å². The zero-order chi connectivity index (χ0) is 8.55. The molecule has 0 saturated carbocycles. The zero-order valence-electron chi connectivity index (χ0n) is 5.75. The molecule has 1 nitrogen and oxygen atoms in total. The molecule has 0 unspecified atom stereocenters. The second kappa shape index (κ2) is 3.57.